The predicted octanol–water partition coefficient (Wildman–Crippen LogP) is 4.62. The Balaban J connectivity index is 1.19. The van der Waals surface area contributed by atoms with Gasteiger partial charge >= 0.3 is 0 Å². The Morgan fingerprint density at radius 2 is 1.94 bits per heavy atom. The highest BCUT2D eigenvalue weighted by Crippen LogP contribution is 2.42. The van der Waals surface area contributed by atoms with Crippen LogP contribution < -0.4 is 10.6 Å². The van der Waals surface area contributed by atoms with Gasteiger partial charge in [0.25, 0.3) is 0 Å². The molecule has 2 saturated heterocycles. The van der Waals surface area contributed by atoms with E-state index in [4.69, 9.17) is 32.0 Å². The molecule has 3 aromatic heterocycles. The van der Waals surface area contributed by atoms with E-state index >= 15 is 0 Å². The molecule has 0 bridgehead atoms. The Hall–Kier alpha value is -2.85. The first-order valence-electron chi connectivity index (χ1n) is 12.0. The molecule has 0 saturated carbocycles. The van der Waals surface area contributed by atoms with E-state index in [1.165, 1.54) is 11.8 Å². The van der Waals surface area contributed by atoms with Gasteiger partial charge in [0.1, 0.15) is 10.5 Å². The number of hydrogen-bond donors (Lipinski definition) is 1. The molecule has 0 amide bonds. The van der Waals surface area contributed by atoms with Gasteiger partial charge in [-0.3, -0.25) is 4.98 Å². The fourth-order valence-corrected chi connectivity index (χ4v) is 6.24. The summed E-state index contributed by atoms with van der Waals surface area (Å²) in [4.78, 5) is 25.9. The second kappa shape index (κ2) is 9.55. The summed E-state index contributed by atoms with van der Waals surface area (Å²) in [5.41, 5.74) is 9.65. The number of ether oxygens (including phenoxy) is 1. The van der Waals surface area contributed by atoms with Crippen LogP contribution in [0.1, 0.15) is 19.8 Å². The second-order valence-corrected chi connectivity index (χ2v) is 10.9. The normalized spacial score (nSPS) is 21.4. The molecule has 0 aliphatic carbocycles. The van der Waals surface area contributed by atoms with E-state index < -0.39 is 0 Å². The average molecular weight is 520 g/mol. The number of aromatic nitrogens is 5. The number of piperidine rings is 1. The highest BCUT2D eigenvalue weighted by molar-refractivity contribution is 7.99. The molecule has 1 spiro atoms. The van der Waals surface area contributed by atoms with Crippen LogP contribution in [0, 0.1) is 5.41 Å². The van der Waals surface area contributed by atoms with E-state index in [0.29, 0.717) is 22.1 Å². The smallest absolute Gasteiger partial charge is 0.227 e. The van der Waals surface area contributed by atoms with Gasteiger partial charge in [-0.05, 0) is 31.9 Å². The van der Waals surface area contributed by atoms with Crippen molar-refractivity contribution in [1.29, 1.82) is 0 Å². The molecule has 8 nitrogen and oxygen atoms in total. The maximum Gasteiger partial charge on any atom is 0.227 e. The molecule has 1 aromatic carbocycles. The molecule has 0 radical (unpaired) electrons. The Morgan fingerprint density at radius 3 is 2.69 bits per heavy atom. The van der Waals surface area contributed by atoms with Crippen molar-refractivity contribution in [1.82, 2.24) is 24.9 Å². The summed E-state index contributed by atoms with van der Waals surface area (Å²) < 4.78 is 5.84. The number of halogens is 1. The summed E-state index contributed by atoms with van der Waals surface area (Å²) in [5, 5.41) is 1.39. The Morgan fingerprint density at radius 1 is 1.08 bits per heavy atom. The first kappa shape index (κ1) is 23.5. The lowest BCUT2D eigenvalue weighted by molar-refractivity contribution is 0.0973. The maximum absolute atomic E-state index is 6.74. The molecule has 2 atom stereocenters. The van der Waals surface area contributed by atoms with Crippen LogP contribution >= 0.6 is 23.4 Å². The fraction of sp³-hybridized carbons (Fsp3) is 0.346. The third-order valence-corrected chi connectivity index (χ3v) is 8.79. The molecule has 2 N–H and O–H groups in total. The lowest BCUT2D eigenvalue weighted by atomic mass is 9.73. The van der Waals surface area contributed by atoms with Gasteiger partial charge < -0.3 is 15.4 Å². The highest BCUT2D eigenvalue weighted by Gasteiger charge is 2.47. The van der Waals surface area contributed by atoms with Crippen LogP contribution in [-0.4, -0.2) is 56.8 Å². The molecule has 4 aromatic rings. The SMILES string of the molecule is C[C@@H]1OCC2(CCN(c3ncc4nc(Sc5cccc(-c6cccnc6)c5Cl)cnc4n3)CC2)[C@@H]1N. The van der Waals surface area contributed by atoms with Crippen LogP contribution in [0.5, 0.6) is 0 Å². The molecule has 2 aliphatic rings. The van der Waals surface area contributed by atoms with Crippen molar-refractivity contribution in [3.8, 4) is 11.1 Å². The number of rotatable bonds is 4. The zero-order chi connectivity index (χ0) is 24.7. The number of anilines is 1. The van der Waals surface area contributed by atoms with Crippen LogP contribution in [-0.2, 0) is 4.74 Å². The van der Waals surface area contributed by atoms with Gasteiger partial charge in [-0.15, -0.1) is 0 Å². The minimum Gasteiger partial charge on any atom is -0.376 e. The molecule has 2 aliphatic heterocycles. The largest absolute Gasteiger partial charge is 0.376 e. The Kier molecular flexibility index (Phi) is 6.25. The van der Waals surface area contributed by atoms with E-state index in [1.54, 1.807) is 24.8 Å². The monoisotopic (exact) mass is 519 g/mol. The van der Waals surface area contributed by atoms with E-state index in [2.05, 4.69) is 26.8 Å². The van der Waals surface area contributed by atoms with Gasteiger partial charge in [0.2, 0.25) is 5.95 Å². The number of nitrogens with two attached hydrogens (primary N) is 1. The standard InChI is InChI=1S/C26H26ClN7OS/c1-16-23(28)26(15-35-16)7-10-34(11-8-26)25-31-13-19-24(33-25)30-14-21(32-19)36-20-6-2-5-18(22(20)27)17-4-3-9-29-12-17/h2-6,9,12-14,16,23H,7-8,10-11,15,28H2,1H3/t16-,23+/m0/s1. The van der Waals surface area contributed by atoms with Crippen molar-refractivity contribution in [3.05, 3.63) is 60.1 Å². The molecular weight excluding hydrogens is 494 g/mol. The molecule has 36 heavy (non-hydrogen) atoms. The summed E-state index contributed by atoms with van der Waals surface area (Å²) in [6, 6.07) is 9.91. The third kappa shape index (κ3) is 4.30. The van der Waals surface area contributed by atoms with E-state index in [0.717, 1.165) is 53.6 Å². The molecule has 6 rings (SSSR count). The van der Waals surface area contributed by atoms with Crippen LogP contribution in [0.25, 0.3) is 22.3 Å². The predicted molar refractivity (Wildman–Crippen MR) is 141 cm³/mol. The molecule has 0 unspecified atom stereocenters. The van der Waals surface area contributed by atoms with Crippen molar-refractivity contribution >= 4 is 40.5 Å². The topological polar surface area (TPSA) is 103 Å². The number of benzene rings is 1. The van der Waals surface area contributed by atoms with Gasteiger partial charge in [0.05, 0.1) is 30.1 Å². The van der Waals surface area contributed by atoms with Gasteiger partial charge in [0, 0.05) is 53.0 Å². The van der Waals surface area contributed by atoms with Crippen LogP contribution in [0.2, 0.25) is 5.02 Å². The van der Waals surface area contributed by atoms with Crippen LogP contribution in [0.3, 0.4) is 0 Å². The van der Waals surface area contributed by atoms with Gasteiger partial charge in [0.15, 0.2) is 5.65 Å². The Labute approximate surface area is 218 Å². The van der Waals surface area contributed by atoms with Crippen molar-refractivity contribution in [2.75, 3.05) is 24.6 Å². The first-order valence-corrected chi connectivity index (χ1v) is 13.2. The average Bonchev–Trinajstić information content (AvgIpc) is 3.19. The van der Waals surface area contributed by atoms with E-state index in [9.17, 15) is 0 Å². The van der Waals surface area contributed by atoms with Crippen molar-refractivity contribution in [2.24, 2.45) is 11.1 Å². The summed E-state index contributed by atoms with van der Waals surface area (Å²) in [6.45, 7) is 4.50. The molecular formula is C26H26ClN7OS. The van der Waals surface area contributed by atoms with E-state index in [-0.39, 0.29) is 17.6 Å². The minimum atomic E-state index is 0.0638. The number of pyridine rings is 1. The second-order valence-electron chi connectivity index (χ2n) is 9.44. The van der Waals surface area contributed by atoms with Crippen LogP contribution in [0.4, 0.5) is 5.95 Å². The first-order chi connectivity index (χ1) is 17.5. The zero-order valence-corrected chi connectivity index (χ0v) is 21.4. The van der Waals surface area contributed by atoms with Crippen molar-refractivity contribution in [2.45, 2.75) is 41.8 Å². The highest BCUT2D eigenvalue weighted by atomic mass is 35.5. The third-order valence-electron chi connectivity index (χ3n) is 7.30. The number of fused-ring (bicyclic) bond motifs is 1. The van der Waals surface area contributed by atoms with E-state index in [1.807, 2.05) is 30.3 Å². The molecule has 10 heteroatoms. The number of hydrogen-bond acceptors (Lipinski definition) is 9. The molecule has 5 heterocycles. The van der Waals surface area contributed by atoms with Gasteiger partial charge in [-0.1, -0.05) is 41.6 Å². The maximum atomic E-state index is 6.74. The Bertz CT molecular complexity index is 1400. The summed E-state index contributed by atoms with van der Waals surface area (Å²) >= 11 is 8.20. The zero-order valence-electron chi connectivity index (χ0n) is 19.8. The van der Waals surface area contributed by atoms with Crippen molar-refractivity contribution in [3.63, 3.8) is 0 Å². The molecule has 184 valence electrons. The fourth-order valence-electron chi connectivity index (χ4n) is 5.07. The molecule has 2 fully saturated rings. The van der Waals surface area contributed by atoms with Gasteiger partial charge in [-0.2, -0.15) is 4.98 Å². The summed E-state index contributed by atoms with van der Waals surface area (Å²) in [7, 11) is 0. The minimum absolute atomic E-state index is 0.0638. The summed E-state index contributed by atoms with van der Waals surface area (Å²) in [5.74, 6) is 0.680. The van der Waals surface area contributed by atoms with Crippen molar-refractivity contribution < 1.29 is 4.74 Å². The lowest BCUT2D eigenvalue weighted by Gasteiger charge is -2.41. The lowest BCUT2D eigenvalue weighted by Crippen LogP contribution is -2.50. The quantitative estimate of drug-likeness (QED) is 0.413. The van der Waals surface area contributed by atoms with Crippen LogP contribution in [0.15, 0.2) is 65.0 Å². The number of nitrogens with zero attached hydrogens (tertiary/aromatic N) is 6. The van der Waals surface area contributed by atoms with Gasteiger partial charge in [-0.25, -0.2) is 15.0 Å². The summed E-state index contributed by atoms with van der Waals surface area (Å²) in [6.07, 6.45) is 9.09.